The summed E-state index contributed by atoms with van der Waals surface area (Å²) in [7, 11) is -3.62. The summed E-state index contributed by atoms with van der Waals surface area (Å²) < 4.78 is 28.8. The highest BCUT2D eigenvalue weighted by atomic mass is 32.2. The summed E-state index contributed by atoms with van der Waals surface area (Å²) in [5.74, 6) is -0.0190. The van der Waals surface area contributed by atoms with Crippen LogP contribution in [0.5, 0.6) is 0 Å². The number of hydrogen-bond donors (Lipinski definition) is 1. The molecule has 1 aliphatic heterocycles. The number of hydrogen-bond acceptors (Lipinski definition) is 8. The Morgan fingerprint density at radius 3 is 2.80 bits per heavy atom. The quantitative estimate of drug-likeness (QED) is 0.725. The van der Waals surface area contributed by atoms with Crippen molar-refractivity contribution in [2.45, 2.75) is 5.16 Å². The van der Waals surface area contributed by atoms with Crippen molar-refractivity contribution in [3.05, 3.63) is 45.7 Å². The van der Waals surface area contributed by atoms with Gasteiger partial charge >= 0.3 is 0 Å². The first-order valence-corrected chi connectivity index (χ1v) is 9.76. The molecule has 4 rings (SSSR count). The summed E-state index contributed by atoms with van der Waals surface area (Å²) in [6.07, 6.45) is 4.22. The largest absolute Gasteiger partial charge is 0.384 e. The normalized spacial score (nSPS) is 15.2. The fourth-order valence-electron chi connectivity index (χ4n) is 2.58. The predicted octanol–water partition coefficient (Wildman–Crippen LogP) is 1.39. The molecular formula is C15H11N5O3S2. The molecule has 1 aliphatic rings. The van der Waals surface area contributed by atoms with E-state index in [0.717, 1.165) is 29.0 Å². The molecule has 3 heterocycles. The Morgan fingerprint density at radius 2 is 2.04 bits per heavy atom. The van der Waals surface area contributed by atoms with E-state index in [-0.39, 0.29) is 21.5 Å². The zero-order chi connectivity index (χ0) is 17.8. The minimum absolute atomic E-state index is 0.0190. The highest BCUT2D eigenvalue weighted by Gasteiger charge is 2.22. The molecule has 0 amide bonds. The van der Waals surface area contributed by atoms with Crippen molar-refractivity contribution in [1.82, 2.24) is 13.8 Å². The van der Waals surface area contributed by atoms with Gasteiger partial charge in [-0.1, -0.05) is 18.2 Å². The Balaban J connectivity index is 2.00. The third-order valence-corrected chi connectivity index (χ3v) is 5.48. The average molecular weight is 373 g/mol. The number of anilines is 1. The Labute approximate surface area is 146 Å². The van der Waals surface area contributed by atoms with Gasteiger partial charge in [0.25, 0.3) is 5.56 Å². The molecule has 8 nitrogen and oxygen atoms in total. The van der Waals surface area contributed by atoms with Crippen LogP contribution in [-0.2, 0) is 9.84 Å². The molecule has 0 atom stereocenters. The van der Waals surface area contributed by atoms with E-state index in [4.69, 9.17) is 5.73 Å². The molecule has 0 bridgehead atoms. The van der Waals surface area contributed by atoms with Crippen molar-refractivity contribution in [3.63, 3.8) is 0 Å². The van der Waals surface area contributed by atoms with Gasteiger partial charge in [-0.3, -0.25) is 9.79 Å². The van der Waals surface area contributed by atoms with Crippen LogP contribution in [0.15, 0.2) is 39.2 Å². The third kappa shape index (κ3) is 2.46. The van der Waals surface area contributed by atoms with Crippen LogP contribution in [0.1, 0.15) is 11.1 Å². The number of rotatable bonds is 2. The van der Waals surface area contributed by atoms with E-state index in [2.05, 4.69) is 14.3 Å². The SMILES string of the molecule is CS(=O)(=O)c1nsc2nc(=O)c(/C=C3\C=Nc4ccccc43)c(N)n12. The first-order chi connectivity index (χ1) is 11.9. The molecule has 2 N–H and O–H groups in total. The lowest BCUT2D eigenvalue weighted by molar-refractivity contribution is 0.593. The number of fused-ring (bicyclic) bond motifs is 2. The molecule has 0 saturated carbocycles. The van der Waals surface area contributed by atoms with E-state index < -0.39 is 15.4 Å². The van der Waals surface area contributed by atoms with Gasteiger partial charge in [-0.05, 0) is 12.1 Å². The van der Waals surface area contributed by atoms with Crippen molar-refractivity contribution < 1.29 is 8.42 Å². The number of nitrogens with two attached hydrogens (primary N) is 1. The predicted molar refractivity (Wildman–Crippen MR) is 97.1 cm³/mol. The van der Waals surface area contributed by atoms with Crippen molar-refractivity contribution in [2.75, 3.05) is 12.0 Å². The summed E-state index contributed by atoms with van der Waals surface area (Å²) >= 11 is 0.805. The van der Waals surface area contributed by atoms with Crippen LogP contribution in [0, 0.1) is 0 Å². The third-order valence-electron chi connectivity index (χ3n) is 3.72. The monoisotopic (exact) mass is 373 g/mol. The van der Waals surface area contributed by atoms with Crippen molar-refractivity contribution in [3.8, 4) is 0 Å². The van der Waals surface area contributed by atoms with Gasteiger partial charge < -0.3 is 5.73 Å². The van der Waals surface area contributed by atoms with Crippen LogP contribution in [0.4, 0.5) is 11.5 Å². The van der Waals surface area contributed by atoms with Gasteiger partial charge in [0.1, 0.15) is 5.82 Å². The van der Waals surface area contributed by atoms with Gasteiger partial charge in [-0.25, -0.2) is 12.8 Å². The van der Waals surface area contributed by atoms with E-state index in [1.165, 1.54) is 4.40 Å². The second-order valence-corrected chi connectivity index (χ2v) is 8.09. The van der Waals surface area contributed by atoms with Crippen LogP contribution in [0.3, 0.4) is 0 Å². The number of nitrogens with zero attached hydrogens (tertiary/aromatic N) is 4. The first kappa shape index (κ1) is 15.7. The minimum Gasteiger partial charge on any atom is -0.384 e. The van der Waals surface area contributed by atoms with Crippen LogP contribution >= 0.6 is 11.5 Å². The minimum atomic E-state index is -3.62. The van der Waals surface area contributed by atoms with Crippen molar-refractivity contribution >= 4 is 55.7 Å². The van der Waals surface area contributed by atoms with Gasteiger partial charge in [0.2, 0.25) is 20.0 Å². The van der Waals surface area contributed by atoms with E-state index in [0.29, 0.717) is 5.57 Å². The first-order valence-electron chi connectivity index (χ1n) is 7.09. The topological polar surface area (TPSA) is 120 Å². The number of aliphatic imine (C=N–C) groups is 1. The number of nitrogen functional groups attached to an aromatic ring is 1. The fourth-order valence-corrected chi connectivity index (χ4v) is 4.43. The van der Waals surface area contributed by atoms with Crippen molar-refractivity contribution in [1.29, 1.82) is 0 Å². The lowest BCUT2D eigenvalue weighted by Crippen LogP contribution is -2.18. The molecule has 0 saturated heterocycles. The number of para-hydroxylation sites is 1. The number of aromatic nitrogens is 3. The lowest BCUT2D eigenvalue weighted by atomic mass is 10.1. The van der Waals surface area contributed by atoms with Gasteiger partial charge in [-0.2, -0.15) is 9.36 Å². The molecule has 25 heavy (non-hydrogen) atoms. The zero-order valence-electron chi connectivity index (χ0n) is 12.9. The molecule has 2 aromatic heterocycles. The van der Waals surface area contributed by atoms with E-state index >= 15 is 0 Å². The van der Waals surface area contributed by atoms with Gasteiger partial charge in [0, 0.05) is 35.1 Å². The summed E-state index contributed by atoms with van der Waals surface area (Å²) in [6, 6.07) is 7.46. The highest BCUT2D eigenvalue weighted by Crippen LogP contribution is 2.32. The van der Waals surface area contributed by atoms with Gasteiger partial charge in [0.15, 0.2) is 0 Å². The number of benzene rings is 1. The highest BCUT2D eigenvalue weighted by molar-refractivity contribution is 7.90. The summed E-state index contributed by atoms with van der Waals surface area (Å²) in [6.45, 7) is 0. The Kier molecular flexibility index (Phi) is 3.34. The maximum atomic E-state index is 12.3. The standard InChI is InChI=1S/C15H11N5O3S2/c1-25(22,23)15-19-24-14-18-13(21)10(12(16)20(14)15)6-8-7-17-11-5-3-2-4-9(8)11/h2-7H,16H2,1H3/b8-6+. The molecule has 126 valence electrons. The molecule has 0 unspecified atom stereocenters. The van der Waals surface area contributed by atoms with Crippen LogP contribution in [0.2, 0.25) is 0 Å². The molecule has 0 radical (unpaired) electrons. The van der Waals surface area contributed by atoms with E-state index in [1.54, 1.807) is 12.3 Å². The molecule has 0 fully saturated rings. The van der Waals surface area contributed by atoms with Crippen LogP contribution in [0.25, 0.3) is 16.6 Å². The van der Waals surface area contributed by atoms with Crippen LogP contribution in [-0.4, -0.2) is 34.6 Å². The average Bonchev–Trinajstić information content (AvgIpc) is 3.15. The Bertz CT molecular complexity index is 1250. The maximum Gasteiger partial charge on any atom is 0.283 e. The number of sulfone groups is 1. The number of allylic oxidation sites excluding steroid dienone is 1. The van der Waals surface area contributed by atoms with Gasteiger partial charge in [-0.15, -0.1) is 0 Å². The smallest absolute Gasteiger partial charge is 0.283 e. The lowest BCUT2D eigenvalue weighted by Gasteiger charge is -2.06. The Hall–Kier alpha value is -2.85. The van der Waals surface area contributed by atoms with Gasteiger partial charge in [0.05, 0.1) is 11.3 Å². The Morgan fingerprint density at radius 1 is 1.28 bits per heavy atom. The zero-order valence-corrected chi connectivity index (χ0v) is 14.5. The van der Waals surface area contributed by atoms with Crippen molar-refractivity contribution in [2.24, 2.45) is 4.99 Å². The molecule has 0 spiro atoms. The second-order valence-electron chi connectivity index (χ2n) is 5.45. The second kappa shape index (κ2) is 5.33. The summed E-state index contributed by atoms with van der Waals surface area (Å²) in [5.41, 5.74) is 7.99. The molecule has 1 aromatic carbocycles. The van der Waals surface area contributed by atoms with E-state index in [1.807, 2.05) is 24.3 Å². The molecular weight excluding hydrogens is 362 g/mol. The molecule has 10 heteroatoms. The fraction of sp³-hybridized carbons (Fsp3) is 0.0667. The van der Waals surface area contributed by atoms with Crippen LogP contribution < -0.4 is 11.3 Å². The maximum absolute atomic E-state index is 12.3. The molecule has 0 aliphatic carbocycles. The molecule has 3 aromatic rings. The summed E-state index contributed by atoms with van der Waals surface area (Å²) in [4.78, 5) is 20.7. The summed E-state index contributed by atoms with van der Waals surface area (Å²) in [5, 5.41) is -0.238. The van der Waals surface area contributed by atoms with E-state index in [9.17, 15) is 13.2 Å².